The molecule has 1 fully saturated rings. The first-order chi connectivity index (χ1) is 9.43. The van der Waals surface area contributed by atoms with Gasteiger partial charge < -0.3 is 14.8 Å². The molecule has 2 atom stereocenters. The van der Waals surface area contributed by atoms with Crippen LogP contribution in [0.15, 0.2) is 0 Å². The fraction of sp³-hybridized carbons (Fsp3) is 0.786. The van der Waals surface area contributed by atoms with Crippen LogP contribution in [-0.2, 0) is 23.9 Å². The maximum atomic E-state index is 12.0. The lowest BCUT2D eigenvalue weighted by molar-refractivity contribution is -0.155. The number of Topliss-reactive ketones (excluding diaryl/α,β-unsaturated/α-hetero) is 2. The van der Waals surface area contributed by atoms with Crippen molar-refractivity contribution in [2.24, 2.45) is 5.92 Å². The lowest BCUT2D eigenvalue weighted by Gasteiger charge is -2.24. The fourth-order valence-corrected chi connectivity index (χ4v) is 2.13. The van der Waals surface area contributed by atoms with Crippen LogP contribution in [0, 0.1) is 5.92 Å². The Labute approximate surface area is 119 Å². The first-order valence-corrected chi connectivity index (χ1v) is 6.99. The number of nitrogens with one attached hydrogen (secondary N) is 1. The second-order valence-electron chi connectivity index (χ2n) is 5.26. The Morgan fingerprint density at radius 3 is 2.65 bits per heavy atom. The first kappa shape index (κ1) is 16.8. The molecule has 1 heterocycles. The third-order valence-electron chi connectivity index (χ3n) is 3.11. The van der Waals surface area contributed by atoms with Crippen LogP contribution in [0.2, 0.25) is 0 Å². The second-order valence-corrected chi connectivity index (χ2v) is 5.26. The number of carbonyl (C=O) groups is 3. The first-order valence-electron chi connectivity index (χ1n) is 6.99. The van der Waals surface area contributed by atoms with Crippen LogP contribution in [0.4, 0.5) is 0 Å². The summed E-state index contributed by atoms with van der Waals surface area (Å²) in [6, 6.07) is -0.491. The Kier molecular flexibility index (Phi) is 6.81. The monoisotopic (exact) mass is 285 g/mol. The summed E-state index contributed by atoms with van der Waals surface area (Å²) < 4.78 is 10.4. The molecular formula is C14H23NO5. The molecule has 0 aliphatic carbocycles. The van der Waals surface area contributed by atoms with E-state index in [9.17, 15) is 14.4 Å². The summed E-state index contributed by atoms with van der Waals surface area (Å²) >= 11 is 0. The Morgan fingerprint density at radius 2 is 2.05 bits per heavy atom. The maximum Gasteiger partial charge on any atom is 0.313 e. The van der Waals surface area contributed by atoms with E-state index >= 15 is 0 Å². The quantitative estimate of drug-likeness (QED) is 0.597. The third-order valence-corrected chi connectivity index (χ3v) is 3.11. The molecule has 0 spiro atoms. The number of cyclic esters (lactones) is 1. The van der Waals surface area contributed by atoms with Crippen molar-refractivity contribution in [2.75, 3.05) is 19.8 Å². The molecule has 0 amide bonds. The molecule has 20 heavy (non-hydrogen) atoms. The Bertz CT molecular complexity index is 367. The van der Waals surface area contributed by atoms with Crippen molar-refractivity contribution in [1.29, 1.82) is 0 Å². The minimum atomic E-state index is -0.611. The van der Waals surface area contributed by atoms with Gasteiger partial charge in [-0.15, -0.1) is 0 Å². The van der Waals surface area contributed by atoms with E-state index in [-0.39, 0.29) is 43.5 Å². The molecular weight excluding hydrogens is 262 g/mol. The van der Waals surface area contributed by atoms with Gasteiger partial charge >= 0.3 is 5.97 Å². The minimum absolute atomic E-state index is 0.0155. The molecule has 0 radical (unpaired) electrons. The van der Waals surface area contributed by atoms with Gasteiger partial charge in [0, 0.05) is 13.0 Å². The van der Waals surface area contributed by atoms with Crippen molar-refractivity contribution in [2.45, 2.75) is 45.8 Å². The molecule has 1 N–H and O–H groups in total. The number of ether oxygens (including phenoxy) is 2. The molecule has 2 unspecified atom stereocenters. The minimum Gasteiger partial charge on any atom is -0.459 e. The maximum absolute atomic E-state index is 12.0. The van der Waals surface area contributed by atoms with Gasteiger partial charge in [0.2, 0.25) is 0 Å². The highest BCUT2D eigenvalue weighted by atomic mass is 16.6. The zero-order valence-corrected chi connectivity index (χ0v) is 12.3. The zero-order chi connectivity index (χ0) is 15.1. The predicted molar refractivity (Wildman–Crippen MR) is 72.2 cm³/mol. The number of hydrogen-bond donors (Lipinski definition) is 1. The lowest BCUT2D eigenvalue weighted by atomic mass is 9.97. The molecule has 0 saturated carbocycles. The summed E-state index contributed by atoms with van der Waals surface area (Å²) in [5.74, 6) is -0.915. The van der Waals surface area contributed by atoms with Crippen molar-refractivity contribution in [3.63, 3.8) is 0 Å². The van der Waals surface area contributed by atoms with Gasteiger partial charge in [-0.3, -0.25) is 14.4 Å². The summed E-state index contributed by atoms with van der Waals surface area (Å²) in [6.07, 6.45) is -0.773. The van der Waals surface area contributed by atoms with Crippen LogP contribution in [0.25, 0.3) is 0 Å². The number of esters is 1. The van der Waals surface area contributed by atoms with Crippen LogP contribution in [0.1, 0.15) is 33.6 Å². The second kappa shape index (κ2) is 8.11. The highest BCUT2D eigenvalue weighted by Crippen LogP contribution is 2.10. The van der Waals surface area contributed by atoms with Crippen LogP contribution in [-0.4, -0.2) is 49.4 Å². The number of rotatable bonds is 4. The summed E-state index contributed by atoms with van der Waals surface area (Å²) in [5.41, 5.74) is 0. The van der Waals surface area contributed by atoms with Crippen molar-refractivity contribution in [3.05, 3.63) is 0 Å². The van der Waals surface area contributed by atoms with Gasteiger partial charge in [0.25, 0.3) is 0 Å². The Balaban J connectivity index is 2.74. The van der Waals surface area contributed by atoms with E-state index in [0.717, 1.165) is 0 Å². The van der Waals surface area contributed by atoms with E-state index in [0.29, 0.717) is 6.61 Å². The van der Waals surface area contributed by atoms with E-state index in [1.54, 1.807) is 0 Å². The third kappa shape index (κ3) is 5.38. The van der Waals surface area contributed by atoms with Gasteiger partial charge in [0.15, 0.2) is 5.78 Å². The van der Waals surface area contributed by atoms with Crippen molar-refractivity contribution < 1.29 is 23.9 Å². The Hall–Kier alpha value is -1.27. The average molecular weight is 285 g/mol. The summed E-state index contributed by atoms with van der Waals surface area (Å²) in [5, 5.41) is 2.94. The van der Waals surface area contributed by atoms with E-state index in [1.165, 1.54) is 0 Å². The predicted octanol–water partition coefficient (Wildman–Crippen LogP) is 0.481. The van der Waals surface area contributed by atoms with Gasteiger partial charge in [-0.2, -0.15) is 0 Å². The van der Waals surface area contributed by atoms with E-state index < -0.39 is 18.1 Å². The van der Waals surface area contributed by atoms with Crippen molar-refractivity contribution >= 4 is 17.5 Å². The molecule has 114 valence electrons. The molecule has 0 aromatic rings. The molecule has 6 nitrogen and oxygen atoms in total. The normalized spacial score (nSPS) is 25.7. The van der Waals surface area contributed by atoms with Crippen molar-refractivity contribution in [3.8, 4) is 0 Å². The van der Waals surface area contributed by atoms with E-state index in [4.69, 9.17) is 9.47 Å². The van der Waals surface area contributed by atoms with Crippen LogP contribution in [0.5, 0.6) is 0 Å². The largest absolute Gasteiger partial charge is 0.459 e. The smallest absolute Gasteiger partial charge is 0.313 e. The highest BCUT2D eigenvalue weighted by molar-refractivity contribution is 5.99. The zero-order valence-electron chi connectivity index (χ0n) is 12.3. The van der Waals surface area contributed by atoms with Crippen LogP contribution < -0.4 is 5.32 Å². The molecule has 0 aromatic heterocycles. The molecule has 0 bridgehead atoms. The topological polar surface area (TPSA) is 81.7 Å². The van der Waals surface area contributed by atoms with E-state index in [2.05, 4.69) is 5.32 Å². The van der Waals surface area contributed by atoms with Gasteiger partial charge in [0.05, 0.1) is 19.2 Å². The fourth-order valence-electron chi connectivity index (χ4n) is 2.13. The lowest BCUT2D eigenvalue weighted by Crippen LogP contribution is -2.46. The molecule has 1 saturated heterocycles. The summed E-state index contributed by atoms with van der Waals surface area (Å²) in [6.45, 7) is 6.33. The standard InChI is InChI=1S/C14H23NO5/c1-4-19-8-11-5-10(16)7-15-14(9(2)3)12(17)6-13(18)20-11/h9,11,14-15H,4-8H2,1-3H3. The van der Waals surface area contributed by atoms with Crippen LogP contribution in [0.3, 0.4) is 0 Å². The highest BCUT2D eigenvalue weighted by Gasteiger charge is 2.28. The SMILES string of the molecule is CCOCC1CC(=O)CNC(C(C)C)C(=O)CC(=O)O1. The van der Waals surface area contributed by atoms with E-state index in [1.807, 2.05) is 20.8 Å². The van der Waals surface area contributed by atoms with Gasteiger partial charge in [-0.1, -0.05) is 13.8 Å². The molecule has 1 aliphatic heterocycles. The average Bonchev–Trinajstić information content (AvgIpc) is 2.34. The Morgan fingerprint density at radius 1 is 1.35 bits per heavy atom. The van der Waals surface area contributed by atoms with Gasteiger partial charge in [-0.25, -0.2) is 0 Å². The van der Waals surface area contributed by atoms with Gasteiger partial charge in [0.1, 0.15) is 18.3 Å². The van der Waals surface area contributed by atoms with Crippen molar-refractivity contribution in [1.82, 2.24) is 5.32 Å². The van der Waals surface area contributed by atoms with Crippen LogP contribution >= 0.6 is 0 Å². The molecule has 1 aliphatic rings. The number of hydrogen-bond acceptors (Lipinski definition) is 6. The summed E-state index contributed by atoms with van der Waals surface area (Å²) in [4.78, 5) is 35.6. The molecule has 6 heteroatoms. The molecule has 0 aromatic carbocycles. The summed E-state index contributed by atoms with van der Waals surface area (Å²) in [7, 11) is 0. The van der Waals surface area contributed by atoms with Gasteiger partial charge in [-0.05, 0) is 12.8 Å². The molecule has 1 rings (SSSR count). The number of carbonyl (C=O) groups excluding carboxylic acids is 3. The number of ketones is 2.